The predicted molar refractivity (Wildman–Crippen MR) is 81.0 cm³/mol. The first-order chi connectivity index (χ1) is 9.85. The Morgan fingerprint density at radius 3 is 3.05 bits per heavy atom. The number of aromatic nitrogens is 2. The van der Waals surface area contributed by atoms with Gasteiger partial charge in [0.05, 0.1) is 7.11 Å². The normalized spacial score (nSPS) is 14.4. The Kier molecular flexibility index (Phi) is 4.28. The van der Waals surface area contributed by atoms with Crippen LogP contribution in [-0.4, -0.2) is 23.1 Å². The molecule has 106 valence electrons. The molecule has 1 heterocycles. The Balaban J connectivity index is 1.66. The van der Waals surface area contributed by atoms with Gasteiger partial charge in [0.1, 0.15) is 5.75 Å². The molecule has 20 heavy (non-hydrogen) atoms. The van der Waals surface area contributed by atoms with Crippen molar-refractivity contribution >= 4 is 11.8 Å². The second-order valence-corrected chi connectivity index (χ2v) is 5.95. The maximum absolute atomic E-state index is 5.44. The lowest BCUT2D eigenvalue weighted by Crippen LogP contribution is -2.15. The first kappa shape index (κ1) is 13.5. The number of hydrogen-bond acceptors (Lipinski definition) is 4. The zero-order chi connectivity index (χ0) is 13.8. The van der Waals surface area contributed by atoms with Gasteiger partial charge in [-0.3, -0.25) is 0 Å². The molecule has 3 rings (SSSR count). The van der Waals surface area contributed by atoms with E-state index < -0.39 is 0 Å². The van der Waals surface area contributed by atoms with Crippen LogP contribution in [0.15, 0.2) is 35.7 Å². The summed E-state index contributed by atoms with van der Waals surface area (Å²) >= 11 is 1.69. The molecule has 4 nitrogen and oxygen atoms in total. The molecule has 1 saturated carbocycles. The Morgan fingerprint density at radius 1 is 1.45 bits per heavy atom. The second-order valence-electron chi connectivity index (χ2n) is 4.98. The van der Waals surface area contributed by atoms with Crippen LogP contribution < -0.4 is 10.1 Å². The number of imidazole rings is 1. The lowest BCUT2D eigenvalue weighted by molar-refractivity contribution is 0.411. The summed E-state index contributed by atoms with van der Waals surface area (Å²) < 4.78 is 5.44. The van der Waals surface area contributed by atoms with Gasteiger partial charge in [-0.05, 0) is 30.5 Å². The summed E-state index contributed by atoms with van der Waals surface area (Å²) in [4.78, 5) is 7.34. The Hall–Kier alpha value is -1.46. The van der Waals surface area contributed by atoms with Gasteiger partial charge in [0.15, 0.2) is 5.16 Å². The van der Waals surface area contributed by atoms with Gasteiger partial charge in [-0.15, -0.1) is 0 Å². The highest BCUT2D eigenvalue weighted by Crippen LogP contribution is 2.27. The predicted octanol–water partition coefficient (Wildman–Crippen LogP) is 2.96. The van der Waals surface area contributed by atoms with Gasteiger partial charge in [-0.25, -0.2) is 4.98 Å². The van der Waals surface area contributed by atoms with E-state index in [-0.39, 0.29) is 0 Å². The van der Waals surface area contributed by atoms with E-state index in [1.165, 1.54) is 24.0 Å². The average Bonchev–Trinajstić information content (AvgIpc) is 3.17. The van der Waals surface area contributed by atoms with Gasteiger partial charge in [0.25, 0.3) is 0 Å². The fourth-order valence-corrected chi connectivity index (χ4v) is 2.88. The van der Waals surface area contributed by atoms with Crippen LogP contribution >= 0.6 is 11.8 Å². The molecule has 1 fully saturated rings. The van der Waals surface area contributed by atoms with Crippen LogP contribution in [0.25, 0.3) is 0 Å². The van der Waals surface area contributed by atoms with E-state index in [1.807, 2.05) is 6.20 Å². The number of thioether (sulfide) groups is 1. The molecular weight excluding hydrogens is 270 g/mol. The van der Waals surface area contributed by atoms with E-state index in [0.717, 1.165) is 29.2 Å². The highest BCUT2D eigenvalue weighted by Gasteiger charge is 2.20. The SMILES string of the molecule is COc1ccc(CNC2CC2)cc1CSc1ncc[nH]1. The summed E-state index contributed by atoms with van der Waals surface area (Å²) in [5.41, 5.74) is 2.52. The van der Waals surface area contributed by atoms with Crippen molar-refractivity contribution < 1.29 is 4.74 Å². The fourth-order valence-electron chi connectivity index (χ4n) is 2.08. The molecule has 1 aromatic heterocycles. The smallest absolute Gasteiger partial charge is 0.165 e. The summed E-state index contributed by atoms with van der Waals surface area (Å²) in [7, 11) is 1.72. The molecule has 0 spiro atoms. The lowest BCUT2D eigenvalue weighted by atomic mass is 10.1. The summed E-state index contributed by atoms with van der Waals surface area (Å²) in [6.45, 7) is 0.938. The summed E-state index contributed by atoms with van der Waals surface area (Å²) in [6, 6.07) is 7.15. The zero-order valence-electron chi connectivity index (χ0n) is 11.6. The Morgan fingerprint density at radius 2 is 2.35 bits per heavy atom. The summed E-state index contributed by atoms with van der Waals surface area (Å²) in [5.74, 6) is 1.80. The first-order valence-electron chi connectivity index (χ1n) is 6.86. The number of methoxy groups -OCH3 is 1. The van der Waals surface area contributed by atoms with Crippen molar-refractivity contribution in [3.05, 3.63) is 41.7 Å². The van der Waals surface area contributed by atoms with E-state index in [0.29, 0.717) is 0 Å². The first-order valence-corrected chi connectivity index (χ1v) is 7.85. The van der Waals surface area contributed by atoms with Crippen LogP contribution in [0.3, 0.4) is 0 Å². The minimum atomic E-state index is 0.734. The van der Waals surface area contributed by atoms with Gasteiger partial charge in [-0.2, -0.15) is 0 Å². The van der Waals surface area contributed by atoms with Crippen LogP contribution in [0.1, 0.15) is 24.0 Å². The topological polar surface area (TPSA) is 49.9 Å². The molecule has 0 saturated heterocycles. The third-order valence-corrected chi connectivity index (χ3v) is 4.31. The average molecular weight is 289 g/mol. The largest absolute Gasteiger partial charge is 0.496 e. The van der Waals surface area contributed by atoms with Crippen LogP contribution in [0.4, 0.5) is 0 Å². The lowest BCUT2D eigenvalue weighted by Gasteiger charge is -2.10. The summed E-state index contributed by atoms with van der Waals surface area (Å²) in [5, 5.41) is 4.48. The quantitative estimate of drug-likeness (QED) is 0.769. The van der Waals surface area contributed by atoms with Gasteiger partial charge in [0.2, 0.25) is 0 Å². The van der Waals surface area contributed by atoms with Gasteiger partial charge < -0.3 is 15.0 Å². The van der Waals surface area contributed by atoms with Crippen molar-refractivity contribution in [2.45, 2.75) is 36.3 Å². The van der Waals surface area contributed by atoms with Gasteiger partial charge in [0, 0.05) is 36.3 Å². The molecule has 0 unspecified atom stereocenters. The maximum Gasteiger partial charge on any atom is 0.165 e. The van der Waals surface area contributed by atoms with E-state index in [4.69, 9.17) is 4.74 Å². The minimum Gasteiger partial charge on any atom is -0.496 e. The molecule has 1 aromatic carbocycles. The van der Waals surface area contributed by atoms with Crippen molar-refractivity contribution in [3.8, 4) is 5.75 Å². The molecule has 0 radical (unpaired) electrons. The van der Waals surface area contributed by atoms with E-state index in [9.17, 15) is 0 Å². The monoisotopic (exact) mass is 289 g/mol. The van der Waals surface area contributed by atoms with Crippen molar-refractivity contribution in [2.75, 3.05) is 7.11 Å². The molecule has 1 aliphatic rings. The Bertz CT molecular complexity index is 552. The third-order valence-electron chi connectivity index (χ3n) is 3.35. The number of benzene rings is 1. The molecule has 0 amide bonds. The number of aromatic amines is 1. The molecule has 0 atom stereocenters. The number of nitrogens with one attached hydrogen (secondary N) is 2. The highest BCUT2D eigenvalue weighted by atomic mass is 32.2. The molecule has 1 aliphatic carbocycles. The van der Waals surface area contributed by atoms with Crippen LogP contribution in [-0.2, 0) is 12.3 Å². The van der Waals surface area contributed by atoms with E-state index in [2.05, 4.69) is 33.5 Å². The molecule has 0 aliphatic heterocycles. The number of H-pyrrole nitrogens is 1. The van der Waals surface area contributed by atoms with E-state index in [1.54, 1.807) is 25.1 Å². The zero-order valence-corrected chi connectivity index (χ0v) is 12.4. The van der Waals surface area contributed by atoms with Gasteiger partial charge in [-0.1, -0.05) is 17.8 Å². The maximum atomic E-state index is 5.44. The van der Waals surface area contributed by atoms with Crippen LogP contribution in [0, 0.1) is 0 Å². The van der Waals surface area contributed by atoms with Crippen molar-refractivity contribution in [3.63, 3.8) is 0 Å². The number of rotatable bonds is 7. The van der Waals surface area contributed by atoms with E-state index >= 15 is 0 Å². The van der Waals surface area contributed by atoms with Crippen LogP contribution in [0.5, 0.6) is 5.75 Å². The molecule has 2 aromatic rings. The third kappa shape index (κ3) is 3.55. The van der Waals surface area contributed by atoms with Crippen molar-refractivity contribution in [1.29, 1.82) is 0 Å². The standard InChI is InChI=1S/C15H19N3OS/c1-19-14-5-2-11(9-18-13-3-4-13)8-12(14)10-20-15-16-6-7-17-15/h2,5-8,13,18H,3-4,9-10H2,1H3,(H,16,17). The molecular formula is C15H19N3OS. The van der Waals surface area contributed by atoms with Crippen LogP contribution in [0.2, 0.25) is 0 Å². The summed E-state index contributed by atoms with van der Waals surface area (Å²) in [6.07, 6.45) is 6.25. The number of ether oxygens (including phenoxy) is 1. The number of nitrogens with zero attached hydrogens (tertiary/aromatic N) is 1. The minimum absolute atomic E-state index is 0.734. The fraction of sp³-hybridized carbons (Fsp3) is 0.400. The highest BCUT2D eigenvalue weighted by molar-refractivity contribution is 7.98. The van der Waals surface area contributed by atoms with Crippen molar-refractivity contribution in [2.24, 2.45) is 0 Å². The molecule has 2 N–H and O–H groups in total. The second kappa shape index (κ2) is 6.33. The molecule has 0 bridgehead atoms. The molecule has 5 heteroatoms. The van der Waals surface area contributed by atoms with Gasteiger partial charge >= 0.3 is 0 Å². The van der Waals surface area contributed by atoms with Crippen molar-refractivity contribution in [1.82, 2.24) is 15.3 Å². The Labute approximate surface area is 123 Å². The number of hydrogen-bond donors (Lipinski definition) is 2.